The molecule has 0 rings (SSSR count). The van der Waals surface area contributed by atoms with Gasteiger partial charge in [-0.25, -0.2) is 0 Å². The van der Waals surface area contributed by atoms with E-state index in [-0.39, 0.29) is 18.5 Å². The quantitative estimate of drug-likeness (QED) is 0.677. The standard InChI is InChI=1S/C12H24O4/c1-6-15-8-12(5,14)10(9(3)4)11(13)16-7-2/h9-10,14H,6-8H2,1-5H3. The van der Waals surface area contributed by atoms with Gasteiger partial charge in [-0.1, -0.05) is 13.8 Å². The van der Waals surface area contributed by atoms with Crippen molar-refractivity contribution in [2.45, 2.75) is 40.2 Å². The molecule has 0 aliphatic heterocycles. The van der Waals surface area contributed by atoms with Crippen molar-refractivity contribution in [1.82, 2.24) is 0 Å². The second-order valence-electron chi connectivity index (χ2n) is 4.47. The maximum Gasteiger partial charge on any atom is 0.312 e. The van der Waals surface area contributed by atoms with Gasteiger partial charge >= 0.3 is 5.97 Å². The lowest BCUT2D eigenvalue weighted by atomic mass is 9.81. The number of aliphatic hydroxyl groups is 1. The molecule has 2 atom stereocenters. The monoisotopic (exact) mass is 232 g/mol. The lowest BCUT2D eigenvalue weighted by Crippen LogP contribution is -2.47. The summed E-state index contributed by atoms with van der Waals surface area (Å²) in [4.78, 5) is 11.8. The summed E-state index contributed by atoms with van der Waals surface area (Å²) in [5.41, 5.74) is -1.18. The van der Waals surface area contributed by atoms with Crippen LogP contribution in [0.1, 0.15) is 34.6 Å². The Hall–Kier alpha value is -0.610. The summed E-state index contributed by atoms with van der Waals surface area (Å²) in [6.07, 6.45) is 0. The lowest BCUT2D eigenvalue weighted by molar-refractivity contribution is -0.165. The molecule has 1 N–H and O–H groups in total. The summed E-state index contributed by atoms with van der Waals surface area (Å²) in [5, 5.41) is 10.2. The first-order valence-electron chi connectivity index (χ1n) is 5.83. The van der Waals surface area contributed by atoms with Crippen molar-refractivity contribution in [1.29, 1.82) is 0 Å². The van der Waals surface area contributed by atoms with Gasteiger partial charge in [0.15, 0.2) is 0 Å². The SMILES string of the molecule is CCOCC(C)(O)C(C(=O)OCC)C(C)C. The first-order valence-corrected chi connectivity index (χ1v) is 5.83. The number of hydrogen-bond donors (Lipinski definition) is 1. The Balaban J connectivity index is 4.68. The summed E-state index contributed by atoms with van der Waals surface area (Å²) in [6, 6.07) is 0. The number of rotatable bonds is 7. The van der Waals surface area contributed by atoms with Gasteiger partial charge in [-0.05, 0) is 26.7 Å². The Bertz CT molecular complexity index is 211. The smallest absolute Gasteiger partial charge is 0.312 e. The molecule has 0 aliphatic rings. The van der Waals surface area contributed by atoms with E-state index in [9.17, 15) is 9.90 Å². The molecule has 0 saturated heterocycles. The van der Waals surface area contributed by atoms with E-state index in [0.717, 1.165) is 0 Å². The maximum atomic E-state index is 11.8. The molecule has 0 aromatic heterocycles. The zero-order chi connectivity index (χ0) is 12.8. The third-order valence-electron chi connectivity index (χ3n) is 2.48. The number of carbonyl (C=O) groups excluding carboxylic acids is 1. The van der Waals surface area contributed by atoms with Crippen LogP contribution in [0.4, 0.5) is 0 Å². The van der Waals surface area contributed by atoms with Gasteiger partial charge in [0, 0.05) is 6.61 Å². The highest BCUT2D eigenvalue weighted by molar-refractivity contribution is 5.74. The van der Waals surface area contributed by atoms with Crippen molar-refractivity contribution in [3.8, 4) is 0 Å². The molecule has 0 aliphatic carbocycles. The van der Waals surface area contributed by atoms with Crippen molar-refractivity contribution >= 4 is 5.97 Å². The minimum atomic E-state index is -1.18. The molecule has 0 fully saturated rings. The molecule has 4 heteroatoms. The summed E-state index contributed by atoms with van der Waals surface area (Å²) >= 11 is 0. The van der Waals surface area contributed by atoms with Gasteiger partial charge in [0.2, 0.25) is 0 Å². The normalized spacial score (nSPS) is 16.9. The predicted octanol–water partition coefficient (Wildman–Crippen LogP) is 1.61. The van der Waals surface area contributed by atoms with Gasteiger partial charge < -0.3 is 14.6 Å². The molecule has 0 bridgehead atoms. The van der Waals surface area contributed by atoms with Crippen LogP contribution in [0.5, 0.6) is 0 Å². The third kappa shape index (κ3) is 4.49. The van der Waals surface area contributed by atoms with Crippen LogP contribution in [0.25, 0.3) is 0 Å². The van der Waals surface area contributed by atoms with Crippen LogP contribution in [0.15, 0.2) is 0 Å². The first kappa shape index (κ1) is 15.4. The zero-order valence-electron chi connectivity index (χ0n) is 10.9. The fraction of sp³-hybridized carbons (Fsp3) is 0.917. The second kappa shape index (κ2) is 6.86. The molecule has 0 heterocycles. The molecule has 0 amide bonds. The fourth-order valence-corrected chi connectivity index (χ4v) is 1.87. The molecule has 0 aromatic carbocycles. The zero-order valence-corrected chi connectivity index (χ0v) is 10.9. The van der Waals surface area contributed by atoms with Crippen LogP contribution in [0.2, 0.25) is 0 Å². The highest BCUT2D eigenvalue weighted by Gasteiger charge is 2.40. The Morgan fingerprint density at radius 3 is 2.25 bits per heavy atom. The van der Waals surface area contributed by atoms with Crippen molar-refractivity contribution < 1.29 is 19.4 Å². The summed E-state index contributed by atoms with van der Waals surface area (Å²) in [7, 11) is 0. The second-order valence-corrected chi connectivity index (χ2v) is 4.47. The number of hydrogen-bond acceptors (Lipinski definition) is 4. The van der Waals surface area contributed by atoms with Crippen molar-refractivity contribution in [2.24, 2.45) is 11.8 Å². The van der Waals surface area contributed by atoms with E-state index < -0.39 is 11.5 Å². The van der Waals surface area contributed by atoms with Crippen molar-refractivity contribution in [2.75, 3.05) is 19.8 Å². The highest BCUT2D eigenvalue weighted by atomic mass is 16.5. The Morgan fingerprint density at radius 1 is 1.31 bits per heavy atom. The average Bonchev–Trinajstić information content (AvgIpc) is 2.14. The van der Waals surface area contributed by atoms with Crippen molar-refractivity contribution in [3.05, 3.63) is 0 Å². The number of carbonyl (C=O) groups is 1. The minimum Gasteiger partial charge on any atom is -0.466 e. The molecule has 4 nitrogen and oxygen atoms in total. The van der Waals surface area contributed by atoms with Crippen molar-refractivity contribution in [3.63, 3.8) is 0 Å². The molecule has 0 aromatic rings. The van der Waals surface area contributed by atoms with Crippen LogP contribution in [0.3, 0.4) is 0 Å². The van der Waals surface area contributed by atoms with Gasteiger partial charge in [-0.2, -0.15) is 0 Å². The molecule has 96 valence electrons. The van der Waals surface area contributed by atoms with Crippen LogP contribution < -0.4 is 0 Å². The molecular formula is C12H24O4. The molecule has 2 unspecified atom stereocenters. The Kier molecular flexibility index (Phi) is 6.60. The van der Waals surface area contributed by atoms with E-state index in [1.807, 2.05) is 20.8 Å². The van der Waals surface area contributed by atoms with E-state index in [1.165, 1.54) is 0 Å². The Morgan fingerprint density at radius 2 is 1.88 bits per heavy atom. The minimum absolute atomic E-state index is 0.00880. The third-order valence-corrected chi connectivity index (χ3v) is 2.48. The largest absolute Gasteiger partial charge is 0.466 e. The van der Waals surface area contributed by atoms with E-state index in [4.69, 9.17) is 9.47 Å². The maximum absolute atomic E-state index is 11.8. The van der Waals surface area contributed by atoms with E-state index in [2.05, 4.69) is 0 Å². The molecular weight excluding hydrogens is 208 g/mol. The van der Waals surface area contributed by atoms with E-state index in [1.54, 1.807) is 13.8 Å². The Labute approximate surface area is 97.9 Å². The number of ether oxygens (including phenoxy) is 2. The van der Waals surface area contributed by atoms with Gasteiger partial charge in [0.1, 0.15) is 0 Å². The van der Waals surface area contributed by atoms with Gasteiger partial charge in [0.25, 0.3) is 0 Å². The summed E-state index contributed by atoms with van der Waals surface area (Å²) in [6.45, 7) is 9.99. The fourth-order valence-electron chi connectivity index (χ4n) is 1.87. The topological polar surface area (TPSA) is 55.8 Å². The molecule has 0 spiro atoms. The molecule has 16 heavy (non-hydrogen) atoms. The molecule has 0 radical (unpaired) electrons. The van der Waals surface area contributed by atoms with Gasteiger partial charge in [0.05, 0.1) is 24.7 Å². The van der Waals surface area contributed by atoms with Crippen LogP contribution >= 0.6 is 0 Å². The van der Waals surface area contributed by atoms with E-state index >= 15 is 0 Å². The van der Waals surface area contributed by atoms with Gasteiger partial charge in [-0.15, -0.1) is 0 Å². The van der Waals surface area contributed by atoms with Crippen LogP contribution in [0, 0.1) is 11.8 Å². The number of esters is 1. The summed E-state index contributed by atoms with van der Waals surface area (Å²) < 4.78 is 10.2. The highest BCUT2D eigenvalue weighted by Crippen LogP contribution is 2.26. The van der Waals surface area contributed by atoms with E-state index in [0.29, 0.717) is 13.2 Å². The predicted molar refractivity (Wildman–Crippen MR) is 62.1 cm³/mol. The molecule has 0 saturated carbocycles. The lowest BCUT2D eigenvalue weighted by Gasteiger charge is -2.33. The van der Waals surface area contributed by atoms with Crippen LogP contribution in [-0.4, -0.2) is 36.5 Å². The first-order chi connectivity index (χ1) is 7.36. The van der Waals surface area contributed by atoms with Gasteiger partial charge in [-0.3, -0.25) is 4.79 Å². The van der Waals surface area contributed by atoms with Crippen LogP contribution in [-0.2, 0) is 14.3 Å². The average molecular weight is 232 g/mol. The summed E-state index contributed by atoms with van der Waals surface area (Å²) in [5.74, 6) is -0.907.